The third-order valence-corrected chi connectivity index (χ3v) is 4.44. The van der Waals surface area contributed by atoms with Gasteiger partial charge in [-0.1, -0.05) is 0 Å². The van der Waals surface area contributed by atoms with Crippen LogP contribution in [0.25, 0.3) is 0 Å². The van der Waals surface area contributed by atoms with Crippen LogP contribution in [0.4, 0.5) is 0 Å². The minimum atomic E-state index is -0.00465. The van der Waals surface area contributed by atoms with Crippen molar-refractivity contribution in [2.75, 3.05) is 6.61 Å². The molecule has 0 aromatic carbocycles. The molecule has 19 heavy (non-hydrogen) atoms. The first-order valence-electron chi connectivity index (χ1n) is 7.25. The van der Waals surface area contributed by atoms with Gasteiger partial charge in [0.15, 0.2) is 0 Å². The Morgan fingerprint density at radius 2 is 1.95 bits per heavy atom. The number of rotatable bonds is 6. The molecular formula is C14H24N2O3. The standard InChI is InChI=1S/C14H24N2O3/c1-9(2)19-11-3-10(4-11)18-5-12(17)16-14-6-13(15,7-14)8-14/h9-11H,3-8,15H2,1-2H3,(H,16,17). The lowest BCUT2D eigenvalue weighted by molar-refractivity contribution is -0.151. The number of carbonyl (C=O) groups is 1. The average molecular weight is 268 g/mol. The highest BCUT2D eigenvalue weighted by atomic mass is 16.5. The van der Waals surface area contributed by atoms with E-state index in [0.717, 1.165) is 32.1 Å². The van der Waals surface area contributed by atoms with Crippen molar-refractivity contribution in [3.63, 3.8) is 0 Å². The van der Waals surface area contributed by atoms with Crippen LogP contribution in [0.3, 0.4) is 0 Å². The van der Waals surface area contributed by atoms with E-state index < -0.39 is 0 Å². The van der Waals surface area contributed by atoms with E-state index in [1.165, 1.54) is 0 Å². The van der Waals surface area contributed by atoms with Crippen molar-refractivity contribution in [1.82, 2.24) is 5.32 Å². The Labute approximate surface area is 114 Å². The number of hydrogen-bond donors (Lipinski definition) is 2. The van der Waals surface area contributed by atoms with Crippen LogP contribution in [0.5, 0.6) is 0 Å². The summed E-state index contributed by atoms with van der Waals surface area (Å²) >= 11 is 0. The summed E-state index contributed by atoms with van der Waals surface area (Å²) in [6.45, 7) is 4.24. The summed E-state index contributed by atoms with van der Waals surface area (Å²) < 4.78 is 11.2. The molecule has 1 amide bonds. The third kappa shape index (κ3) is 2.64. The molecule has 4 aliphatic rings. The summed E-state index contributed by atoms with van der Waals surface area (Å²) in [5, 5.41) is 3.06. The third-order valence-electron chi connectivity index (χ3n) is 4.44. The molecule has 4 rings (SSSR count). The smallest absolute Gasteiger partial charge is 0.246 e. The van der Waals surface area contributed by atoms with Gasteiger partial charge in [-0.05, 0) is 46.0 Å². The van der Waals surface area contributed by atoms with E-state index in [-0.39, 0.29) is 35.8 Å². The fourth-order valence-electron chi connectivity index (χ4n) is 3.67. The van der Waals surface area contributed by atoms with Crippen LogP contribution in [-0.2, 0) is 14.3 Å². The van der Waals surface area contributed by atoms with Crippen LogP contribution in [0, 0.1) is 0 Å². The summed E-state index contributed by atoms with van der Waals surface area (Å²) in [7, 11) is 0. The highest BCUT2D eigenvalue weighted by Crippen LogP contribution is 2.58. The normalized spacial score (nSPS) is 43.2. The first kappa shape index (κ1) is 13.3. The quantitative estimate of drug-likeness (QED) is 0.744. The largest absolute Gasteiger partial charge is 0.375 e. The first-order valence-corrected chi connectivity index (χ1v) is 7.25. The molecule has 108 valence electrons. The van der Waals surface area contributed by atoms with Crippen LogP contribution in [0.2, 0.25) is 0 Å². The van der Waals surface area contributed by atoms with Crippen molar-refractivity contribution in [2.24, 2.45) is 5.73 Å². The van der Waals surface area contributed by atoms with E-state index in [4.69, 9.17) is 15.2 Å². The minimum absolute atomic E-state index is 0.00465. The Kier molecular flexibility index (Phi) is 3.11. The molecule has 2 bridgehead atoms. The molecule has 0 unspecified atom stereocenters. The van der Waals surface area contributed by atoms with E-state index >= 15 is 0 Å². The van der Waals surface area contributed by atoms with Crippen molar-refractivity contribution < 1.29 is 14.3 Å². The van der Waals surface area contributed by atoms with Gasteiger partial charge >= 0.3 is 0 Å². The van der Waals surface area contributed by atoms with E-state index in [1.807, 2.05) is 13.8 Å². The number of ether oxygens (including phenoxy) is 2. The van der Waals surface area contributed by atoms with Crippen molar-refractivity contribution in [2.45, 2.75) is 75.3 Å². The van der Waals surface area contributed by atoms with Crippen molar-refractivity contribution in [1.29, 1.82) is 0 Å². The number of carbonyl (C=O) groups excluding carboxylic acids is 1. The number of amides is 1. The van der Waals surface area contributed by atoms with Gasteiger partial charge < -0.3 is 20.5 Å². The number of hydrogen-bond acceptors (Lipinski definition) is 4. The van der Waals surface area contributed by atoms with Crippen molar-refractivity contribution in [3.8, 4) is 0 Å². The molecular weight excluding hydrogens is 244 g/mol. The van der Waals surface area contributed by atoms with Crippen molar-refractivity contribution >= 4 is 5.91 Å². The molecule has 5 nitrogen and oxygen atoms in total. The van der Waals surface area contributed by atoms with Gasteiger partial charge in [0.1, 0.15) is 6.61 Å². The molecule has 5 heteroatoms. The van der Waals surface area contributed by atoms with Gasteiger partial charge in [0.2, 0.25) is 5.91 Å². The molecule has 0 aromatic rings. The lowest BCUT2D eigenvalue weighted by atomic mass is 9.44. The second-order valence-corrected chi connectivity index (χ2v) is 6.93. The highest BCUT2D eigenvalue weighted by Gasteiger charge is 2.66. The number of nitrogens with one attached hydrogen (secondary N) is 1. The van der Waals surface area contributed by atoms with E-state index in [9.17, 15) is 4.79 Å². The Hall–Kier alpha value is -0.650. The van der Waals surface area contributed by atoms with Gasteiger partial charge in [-0.3, -0.25) is 4.79 Å². The van der Waals surface area contributed by atoms with Crippen LogP contribution in [0.15, 0.2) is 0 Å². The van der Waals surface area contributed by atoms with Crippen LogP contribution >= 0.6 is 0 Å². The Balaban J connectivity index is 1.28. The molecule has 3 N–H and O–H groups in total. The maximum Gasteiger partial charge on any atom is 0.246 e. The lowest BCUT2D eigenvalue weighted by Gasteiger charge is -2.68. The maximum atomic E-state index is 11.8. The van der Waals surface area contributed by atoms with Crippen LogP contribution < -0.4 is 11.1 Å². The van der Waals surface area contributed by atoms with Gasteiger partial charge in [0.25, 0.3) is 0 Å². The fourth-order valence-corrected chi connectivity index (χ4v) is 3.67. The predicted molar refractivity (Wildman–Crippen MR) is 70.6 cm³/mol. The lowest BCUT2D eigenvalue weighted by Crippen LogP contribution is -2.82. The van der Waals surface area contributed by atoms with Gasteiger partial charge in [-0.15, -0.1) is 0 Å². The van der Waals surface area contributed by atoms with E-state index in [0.29, 0.717) is 6.10 Å². The minimum Gasteiger partial charge on any atom is -0.375 e. The van der Waals surface area contributed by atoms with Gasteiger partial charge in [0.05, 0.1) is 18.3 Å². The van der Waals surface area contributed by atoms with E-state index in [1.54, 1.807) is 0 Å². The predicted octanol–water partition coefficient (Wildman–Crippen LogP) is 0.709. The molecule has 4 aliphatic carbocycles. The zero-order valence-electron chi connectivity index (χ0n) is 11.8. The summed E-state index contributed by atoms with van der Waals surface area (Å²) in [6, 6.07) is 0. The monoisotopic (exact) mass is 268 g/mol. The first-order chi connectivity index (χ1) is 8.88. The summed E-state index contributed by atoms with van der Waals surface area (Å²) in [6.07, 6.45) is 5.36. The van der Waals surface area contributed by atoms with Gasteiger partial charge in [-0.25, -0.2) is 0 Å². The van der Waals surface area contributed by atoms with Gasteiger partial charge in [-0.2, -0.15) is 0 Å². The zero-order chi connectivity index (χ0) is 13.7. The Morgan fingerprint density at radius 3 is 2.47 bits per heavy atom. The Bertz CT molecular complexity index is 357. The summed E-state index contributed by atoms with van der Waals surface area (Å²) in [5.74, 6) is -0.00465. The summed E-state index contributed by atoms with van der Waals surface area (Å²) in [5.41, 5.74) is 6.00. The molecule has 0 radical (unpaired) electrons. The molecule has 0 atom stereocenters. The van der Waals surface area contributed by atoms with E-state index in [2.05, 4.69) is 5.32 Å². The average Bonchev–Trinajstić information content (AvgIpc) is 2.16. The second-order valence-electron chi connectivity index (χ2n) is 6.93. The second kappa shape index (κ2) is 4.43. The molecule has 0 saturated heterocycles. The summed E-state index contributed by atoms with van der Waals surface area (Å²) in [4.78, 5) is 11.8. The fraction of sp³-hybridized carbons (Fsp3) is 0.929. The number of nitrogens with two attached hydrogens (primary N) is 1. The SMILES string of the molecule is CC(C)OC1CC(OCC(=O)NC23CC(N)(C2)C3)C1. The molecule has 4 saturated carbocycles. The van der Waals surface area contributed by atoms with Crippen molar-refractivity contribution in [3.05, 3.63) is 0 Å². The molecule has 0 spiro atoms. The highest BCUT2D eigenvalue weighted by molar-refractivity contribution is 5.79. The molecule has 4 fully saturated rings. The Morgan fingerprint density at radius 1 is 1.32 bits per heavy atom. The van der Waals surface area contributed by atoms with Crippen LogP contribution in [0.1, 0.15) is 46.0 Å². The molecule has 0 aliphatic heterocycles. The maximum absolute atomic E-state index is 11.8. The molecule has 0 heterocycles. The van der Waals surface area contributed by atoms with Gasteiger partial charge in [0, 0.05) is 11.1 Å². The van der Waals surface area contributed by atoms with Crippen LogP contribution in [-0.4, -0.2) is 41.9 Å². The zero-order valence-corrected chi connectivity index (χ0v) is 11.8. The topological polar surface area (TPSA) is 73.6 Å². The molecule has 0 aromatic heterocycles.